The number of aryl methyl sites for hydroxylation is 2. The molecule has 1 unspecified atom stereocenters. The quantitative estimate of drug-likeness (QED) is 0.408. The molecule has 1 aliphatic rings. The van der Waals surface area contributed by atoms with Gasteiger partial charge >= 0.3 is 5.91 Å². The average Bonchev–Trinajstić information content (AvgIpc) is 3.36. The molecule has 1 saturated heterocycles. The molecule has 2 aromatic heterocycles. The molecule has 1 aliphatic heterocycles. The highest BCUT2D eigenvalue weighted by Crippen LogP contribution is 2.43. The van der Waals surface area contributed by atoms with E-state index in [1.807, 2.05) is 13.8 Å². The van der Waals surface area contributed by atoms with Gasteiger partial charge in [-0.05, 0) is 50.2 Å². The van der Waals surface area contributed by atoms with Gasteiger partial charge in [-0.3, -0.25) is 14.5 Å². The minimum absolute atomic E-state index is 0.128. The van der Waals surface area contributed by atoms with Gasteiger partial charge in [0.05, 0.1) is 17.5 Å². The van der Waals surface area contributed by atoms with Crippen LogP contribution in [0.25, 0.3) is 5.76 Å². The van der Waals surface area contributed by atoms with Gasteiger partial charge in [0.25, 0.3) is 5.78 Å². The normalized spacial score (nSPS) is 18.8. The highest BCUT2D eigenvalue weighted by Gasteiger charge is 2.49. The topological polar surface area (TPSA) is 83.6 Å². The summed E-state index contributed by atoms with van der Waals surface area (Å²) in [4.78, 5) is 32.2. The molecular formula is C20H15FN2O4S. The van der Waals surface area contributed by atoms with E-state index in [-0.39, 0.29) is 11.1 Å². The minimum atomic E-state index is -0.968. The van der Waals surface area contributed by atoms with Gasteiger partial charge < -0.3 is 9.52 Å². The van der Waals surface area contributed by atoms with Crippen LogP contribution in [0.15, 0.2) is 52.7 Å². The molecule has 0 bridgehead atoms. The molecule has 3 heterocycles. The number of amides is 1. The maximum Gasteiger partial charge on any atom is 0.302 e. The van der Waals surface area contributed by atoms with Crippen LogP contribution in [0.3, 0.4) is 0 Å². The van der Waals surface area contributed by atoms with Crippen LogP contribution in [0, 0.1) is 19.7 Å². The third kappa shape index (κ3) is 2.82. The van der Waals surface area contributed by atoms with E-state index in [9.17, 15) is 19.1 Å². The number of rotatable bonds is 3. The summed E-state index contributed by atoms with van der Waals surface area (Å²) in [5.74, 6) is -2.22. The zero-order chi connectivity index (χ0) is 20.0. The number of halogens is 1. The van der Waals surface area contributed by atoms with Gasteiger partial charge in [-0.1, -0.05) is 0 Å². The monoisotopic (exact) mass is 398 g/mol. The fourth-order valence-corrected chi connectivity index (χ4v) is 4.00. The summed E-state index contributed by atoms with van der Waals surface area (Å²) in [5.41, 5.74) is 0.846. The van der Waals surface area contributed by atoms with E-state index < -0.39 is 29.3 Å². The molecular weight excluding hydrogens is 383 g/mol. The van der Waals surface area contributed by atoms with Crippen molar-refractivity contribution in [1.29, 1.82) is 0 Å². The Balaban J connectivity index is 1.92. The standard InChI is InChI=1S/C20H15FN2O4S/c1-10-11(2)28-20(22-10)23-16(14-4-3-9-27-14)15(18(25)19(23)26)17(24)12-5-7-13(21)8-6-12/h3-9,16,24H,1-2H3. The van der Waals surface area contributed by atoms with E-state index in [0.29, 0.717) is 10.9 Å². The van der Waals surface area contributed by atoms with Crippen molar-refractivity contribution >= 4 is 33.9 Å². The van der Waals surface area contributed by atoms with E-state index >= 15 is 0 Å². The maximum atomic E-state index is 13.2. The van der Waals surface area contributed by atoms with E-state index in [1.54, 1.807) is 12.1 Å². The van der Waals surface area contributed by atoms with Crippen LogP contribution in [0.2, 0.25) is 0 Å². The third-order valence-electron chi connectivity index (χ3n) is 4.60. The van der Waals surface area contributed by atoms with E-state index in [2.05, 4.69) is 4.98 Å². The lowest BCUT2D eigenvalue weighted by atomic mass is 9.99. The number of anilines is 1. The molecule has 0 radical (unpaired) electrons. The Labute approximate surface area is 163 Å². The highest BCUT2D eigenvalue weighted by atomic mass is 32.1. The van der Waals surface area contributed by atoms with Gasteiger partial charge in [-0.25, -0.2) is 9.37 Å². The third-order valence-corrected chi connectivity index (χ3v) is 5.67. The highest BCUT2D eigenvalue weighted by molar-refractivity contribution is 7.16. The van der Waals surface area contributed by atoms with Crippen molar-refractivity contribution in [3.05, 3.63) is 75.9 Å². The van der Waals surface area contributed by atoms with E-state index in [1.165, 1.54) is 46.8 Å². The van der Waals surface area contributed by atoms with Crippen molar-refractivity contribution in [2.45, 2.75) is 19.9 Å². The zero-order valence-corrected chi connectivity index (χ0v) is 15.8. The van der Waals surface area contributed by atoms with Gasteiger partial charge in [0.1, 0.15) is 23.4 Å². The summed E-state index contributed by atoms with van der Waals surface area (Å²) in [6.45, 7) is 3.68. The number of hydrogen-bond acceptors (Lipinski definition) is 6. The number of Topliss-reactive ketones (excluding diaryl/α,β-unsaturated/α-hetero) is 1. The lowest BCUT2D eigenvalue weighted by Crippen LogP contribution is -2.29. The first-order chi connectivity index (χ1) is 13.4. The molecule has 0 saturated carbocycles. The lowest BCUT2D eigenvalue weighted by Gasteiger charge is -2.20. The van der Waals surface area contributed by atoms with E-state index in [0.717, 1.165) is 10.6 Å². The lowest BCUT2D eigenvalue weighted by molar-refractivity contribution is -0.132. The molecule has 28 heavy (non-hydrogen) atoms. The number of aromatic nitrogens is 1. The zero-order valence-electron chi connectivity index (χ0n) is 15.0. The fraction of sp³-hybridized carbons (Fsp3) is 0.150. The minimum Gasteiger partial charge on any atom is -0.507 e. The number of ketones is 1. The molecule has 6 nitrogen and oxygen atoms in total. The Morgan fingerprint density at radius 2 is 1.93 bits per heavy atom. The van der Waals surface area contributed by atoms with Crippen molar-refractivity contribution in [2.24, 2.45) is 0 Å². The molecule has 0 spiro atoms. The van der Waals surface area contributed by atoms with Crippen molar-refractivity contribution in [2.75, 3.05) is 4.90 Å². The number of aliphatic hydroxyl groups excluding tert-OH is 1. The SMILES string of the molecule is Cc1nc(N2C(=O)C(=O)C(=C(O)c3ccc(F)cc3)C2c2ccco2)sc1C. The number of aliphatic hydroxyl groups is 1. The summed E-state index contributed by atoms with van der Waals surface area (Å²) in [5, 5.41) is 11.1. The number of carbonyl (C=O) groups is 2. The molecule has 1 amide bonds. The summed E-state index contributed by atoms with van der Waals surface area (Å²) in [6, 6.07) is 7.30. The predicted molar refractivity (Wildman–Crippen MR) is 101 cm³/mol. The van der Waals surface area contributed by atoms with Crippen molar-refractivity contribution in [3.8, 4) is 0 Å². The molecule has 142 valence electrons. The molecule has 1 fully saturated rings. The molecule has 8 heteroatoms. The largest absolute Gasteiger partial charge is 0.507 e. The summed E-state index contributed by atoms with van der Waals surface area (Å²) >= 11 is 1.28. The van der Waals surface area contributed by atoms with Crippen LogP contribution in [-0.4, -0.2) is 21.8 Å². The van der Waals surface area contributed by atoms with Crippen LogP contribution < -0.4 is 4.90 Å². The van der Waals surface area contributed by atoms with Crippen LogP contribution in [-0.2, 0) is 9.59 Å². The molecule has 3 aromatic rings. The van der Waals surface area contributed by atoms with Crippen molar-refractivity contribution in [3.63, 3.8) is 0 Å². The second kappa shape index (κ2) is 6.72. The van der Waals surface area contributed by atoms with Gasteiger partial charge in [-0.15, -0.1) is 11.3 Å². The first kappa shape index (κ1) is 18.1. The van der Waals surface area contributed by atoms with Crippen LogP contribution in [0.1, 0.15) is 27.9 Å². The van der Waals surface area contributed by atoms with Crippen LogP contribution in [0.5, 0.6) is 0 Å². The number of hydrogen-bond donors (Lipinski definition) is 1. The first-order valence-corrected chi connectivity index (χ1v) is 9.24. The van der Waals surface area contributed by atoms with Crippen LogP contribution >= 0.6 is 11.3 Å². The number of benzene rings is 1. The number of nitrogens with zero attached hydrogens (tertiary/aromatic N) is 2. The summed E-state index contributed by atoms with van der Waals surface area (Å²) in [6.07, 6.45) is 1.42. The summed E-state index contributed by atoms with van der Waals surface area (Å²) < 4.78 is 18.7. The molecule has 1 atom stereocenters. The second-order valence-electron chi connectivity index (χ2n) is 6.33. The number of thiazole rings is 1. The van der Waals surface area contributed by atoms with Gasteiger partial charge in [0.2, 0.25) is 0 Å². The number of carbonyl (C=O) groups excluding carboxylic acids is 2. The fourth-order valence-electron chi connectivity index (χ4n) is 3.07. The Morgan fingerprint density at radius 1 is 1.21 bits per heavy atom. The van der Waals surface area contributed by atoms with Gasteiger partial charge in [-0.2, -0.15) is 0 Å². The Bertz CT molecular complexity index is 1080. The first-order valence-electron chi connectivity index (χ1n) is 8.43. The molecule has 4 rings (SSSR count). The van der Waals surface area contributed by atoms with Crippen LogP contribution in [0.4, 0.5) is 9.52 Å². The Morgan fingerprint density at radius 3 is 2.50 bits per heavy atom. The van der Waals surface area contributed by atoms with Crippen molar-refractivity contribution in [1.82, 2.24) is 4.98 Å². The van der Waals surface area contributed by atoms with Crippen molar-refractivity contribution < 1.29 is 23.5 Å². The van der Waals surface area contributed by atoms with Gasteiger partial charge in [0, 0.05) is 10.4 Å². The second-order valence-corrected chi connectivity index (χ2v) is 7.51. The Kier molecular flexibility index (Phi) is 4.35. The number of furan rings is 1. The molecule has 1 N–H and O–H groups in total. The smallest absolute Gasteiger partial charge is 0.302 e. The summed E-state index contributed by atoms with van der Waals surface area (Å²) in [7, 11) is 0. The predicted octanol–water partition coefficient (Wildman–Crippen LogP) is 4.12. The van der Waals surface area contributed by atoms with Gasteiger partial charge in [0.15, 0.2) is 5.13 Å². The average molecular weight is 398 g/mol. The Hall–Kier alpha value is -3.26. The maximum absolute atomic E-state index is 13.2. The van der Waals surface area contributed by atoms with E-state index in [4.69, 9.17) is 4.42 Å². The molecule has 1 aromatic carbocycles. The molecule has 0 aliphatic carbocycles.